The highest BCUT2D eigenvalue weighted by atomic mass is 35.5. The summed E-state index contributed by atoms with van der Waals surface area (Å²) in [6.45, 7) is 0. The predicted octanol–water partition coefficient (Wildman–Crippen LogP) is 4.31. The Balaban J connectivity index is 2.51. The molecule has 21 heavy (non-hydrogen) atoms. The van der Waals surface area contributed by atoms with E-state index in [0.717, 1.165) is 12.1 Å². The molecule has 0 aliphatic heterocycles. The van der Waals surface area contributed by atoms with Crippen LogP contribution in [0.25, 0.3) is 0 Å². The van der Waals surface area contributed by atoms with Crippen molar-refractivity contribution in [2.75, 3.05) is 5.73 Å². The van der Waals surface area contributed by atoms with Gasteiger partial charge >= 0.3 is 6.18 Å². The summed E-state index contributed by atoms with van der Waals surface area (Å²) in [5.41, 5.74) is 3.46. The van der Waals surface area contributed by atoms with Crippen molar-refractivity contribution in [3.05, 3.63) is 63.9 Å². The number of carbonyl (C=O) groups is 1. The molecule has 110 valence electrons. The first-order valence-corrected chi connectivity index (χ1v) is 6.05. The highest BCUT2D eigenvalue weighted by Gasteiger charge is 2.35. The molecule has 0 aliphatic rings. The summed E-state index contributed by atoms with van der Waals surface area (Å²) in [5, 5.41) is 0.0632. The molecule has 2 rings (SSSR count). The van der Waals surface area contributed by atoms with Crippen molar-refractivity contribution in [2.24, 2.45) is 0 Å². The standard InChI is InChI=1S/C14H8ClF4NO/c15-10-6-7(4-5-11(10)20)13(21)8-2-1-3-9(12(8)16)14(17,18)19/h1-6H,20H2. The van der Waals surface area contributed by atoms with Gasteiger partial charge in [0, 0.05) is 5.56 Å². The second kappa shape index (κ2) is 5.37. The Morgan fingerprint density at radius 1 is 1.14 bits per heavy atom. The lowest BCUT2D eigenvalue weighted by Crippen LogP contribution is -2.13. The summed E-state index contributed by atoms with van der Waals surface area (Å²) >= 11 is 5.74. The minimum atomic E-state index is -4.88. The maximum atomic E-state index is 13.9. The Morgan fingerprint density at radius 3 is 2.38 bits per heavy atom. The van der Waals surface area contributed by atoms with Gasteiger partial charge < -0.3 is 5.73 Å². The fourth-order valence-corrected chi connectivity index (χ4v) is 1.93. The molecule has 7 heteroatoms. The summed E-state index contributed by atoms with van der Waals surface area (Å²) in [6.07, 6.45) is -4.88. The van der Waals surface area contributed by atoms with Gasteiger partial charge in [-0.05, 0) is 30.3 Å². The van der Waals surface area contributed by atoms with Crippen LogP contribution < -0.4 is 5.73 Å². The molecule has 0 saturated heterocycles. The number of hydrogen-bond donors (Lipinski definition) is 1. The molecule has 0 fully saturated rings. The van der Waals surface area contributed by atoms with E-state index < -0.39 is 28.9 Å². The number of nitrogens with two attached hydrogens (primary N) is 1. The molecule has 0 bridgehead atoms. The van der Waals surface area contributed by atoms with Gasteiger partial charge in [-0.2, -0.15) is 13.2 Å². The van der Waals surface area contributed by atoms with E-state index in [1.165, 1.54) is 18.2 Å². The second-order valence-electron chi connectivity index (χ2n) is 4.23. The number of benzene rings is 2. The quantitative estimate of drug-likeness (QED) is 0.509. The first-order valence-electron chi connectivity index (χ1n) is 5.67. The normalized spacial score (nSPS) is 11.5. The fourth-order valence-electron chi connectivity index (χ4n) is 1.75. The summed E-state index contributed by atoms with van der Waals surface area (Å²) in [6, 6.07) is 6.29. The zero-order valence-corrected chi connectivity index (χ0v) is 11.1. The van der Waals surface area contributed by atoms with Crippen LogP contribution in [0.2, 0.25) is 5.02 Å². The largest absolute Gasteiger partial charge is 0.419 e. The second-order valence-corrected chi connectivity index (χ2v) is 4.64. The summed E-state index contributed by atoms with van der Waals surface area (Å²) in [4.78, 5) is 12.1. The van der Waals surface area contributed by atoms with E-state index in [0.29, 0.717) is 6.07 Å². The SMILES string of the molecule is Nc1ccc(C(=O)c2cccc(C(F)(F)F)c2F)cc1Cl. The zero-order valence-electron chi connectivity index (χ0n) is 10.3. The van der Waals surface area contributed by atoms with E-state index >= 15 is 0 Å². The molecule has 2 nitrogen and oxygen atoms in total. The molecule has 0 unspecified atom stereocenters. The van der Waals surface area contributed by atoms with Gasteiger partial charge in [0.15, 0.2) is 5.78 Å². The van der Waals surface area contributed by atoms with Crippen molar-refractivity contribution in [3.8, 4) is 0 Å². The summed E-state index contributed by atoms with van der Waals surface area (Å²) in [5.74, 6) is -2.51. The average molecular weight is 318 g/mol. The van der Waals surface area contributed by atoms with Gasteiger partial charge in [0.1, 0.15) is 5.82 Å². The van der Waals surface area contributed by atoms with E-state index in [1.54, 1.807) is 0 Å². The predicted molar refractivity (Wildman–Crippen MR) is 70.7 cm³/mol. The zero-order chi connectivity index (χ0) is 15.8. The topological polar surface area (TPSA) is 43.1 Å². The number of nitrogen functional groups attached to an aromatic ring is 1. The monoisotopic (exact) mass is 317 g/mol. The third-order valence-electron chi connectivity index (χ3n) is 2.81. The third-order valence-corrected chi connectivity index (χ3v) is 3.14. The number of carbonyl (C=O) groups excluding carboxylic acids is 1. The summed E-state index contributed by atoms with van der Waals surface area (Å²) < 4.78 is 51.8. The van der Waals surface area contributed by atoms with Crippen LogP contribution in [0, 0.1) is 5.82 Å². The van der Waals surface area contributed by atoms with Gasteiger partial charge in [-0.1, -0.05) is 17.7 Å². The lowest BCUT2D eigenvalue weighted by atomic mass is 10.00. The number of anilines is 1. The van der Waals surface area contributed by atoms with E-state index in [4.69, 9.17) is 17.3 Å². The van der Waals surface area contributed by atoms with Crippen molar-refractivity contribution in [3.63, 3.8) is 0 Å². The van der Waals surface area contributed by atoms with Gasteiger partial charge in [0.2, 0.25) is 0 Å². The average Bonchev–Trinajstić information content (AvgIpc) is 2.40. The molecule has 0 atom stereocenters. The molecule has 0 heterocycles. The van der Waals surface area contributed by atoms with Crippen LogP contribution in [0.4, 0.5) is 23.2 Å². The van der Waals surface area contributed by atoms with E-state index in [1.807, 2.05) is 0 Å². The van der Waals surface area contributed by atoms with Crippen LogP contribution in [0.1, 0.15) is 21.5 Å². The van der Waals surface area contributed by atoms with Crippen LogP contribution >= 0.6 is 11.6 Å². The Kier molecular flexibility index (Phi) is 3.91. The van der Waals surface area contributed by atoms with Gasteiger partial charge in [-0.3, -0.25) is 4.79 Å². The molecule has 0 saturated carbocycles. The molecule has 0 spiro atoms. The molecular weight excluding hydrogens is 310 g/mol. The number of ketones is 1. The third kappa shape index (κ3) is 3.00. The highest BCUT2D eigenvalue weighted by Crippen LogP contribution is 2.33. The fraction of sp³-hybridized carbons (Fsp3) is 0.0714. The minimum Gasteiger partial charge on any atom is -0.398 e. The number of alkyl halides is 3. The van der Waals surface area contributed by atoms with Crippen molar-refractivity contribution in [2.45, 2.75) is 6.18 Å². The molecule has 2 aromatic rings. The highest BCUT2D eigenvalue weighted by molar-refractivity contribution is 6.33. The van der Waals surface area contributed by atoms with Gasteiger partial charge in [0.25, 0.3) is 0 Å². The van der Waals surface area contributed by atoms with Crippen LogP contribution in [0.15, 0.2) is 36.4 Å². The molecule has 0 aliphatic carbocycles. The van der Waals surface area contributed by atoms with E-state index in [-0.39, 0.29) is 16.3 Å². The van der Waals surface area contributed by atoms with E-state index in [2.05, 4.69) is 0 Å². The molecule has 2 N–H and O–H groups in total. The Hall–Kier alpha value is -2.08. The first-order chi connectivity index (χ1) is 9.71. The lowest BCUT2D eigenvalue weighted by molar-refractivity contribution is -0.140. The Labute approximate surface area is 122 Å². The van der Waals surface area contributed by atoms with Gasteiger partial charge in [-0.15, -0.1) is 0 Å². The lowest BCUT2D eigenvalue weighted by Gasteiger charge is -2.11. The van der Waals surface area contributed by atoms with Crippen molar-refractivity contribution in [1.29, 1.82) is 0 Å². The Bertz CT molecular complexity index is 713. The summed E-state index contributed by atoms with van der Waals surface area (Å²) in [7, 11) is 0. The Morgan fingerprint density at radius 2 is 1.81 bits per heavy atom. The van der Waals surface area contributed by atoms with Gasteiger partial charge in [-0.25, -0.2) is 4.39 Å². The van der Waals surface area contributed by atoms with Crippen LogP contribution in [-0.2, 0) is 6.18 Å². The smallest absolute Gasteiger partial charge is 0.398 e. The molecular formula is C14H8ClF4NO. The molecule has 0 radical (unpaired) electrons. The van der Waals surface area contributed by atoms with Crippen molar-refractivity contribution < 1.29 is 22.4 Å². The molecule has 0 amide bonds. The number of halogens is 5. The van der Waals surface area contributed by atoms with Crippen LogP contribution in [0.3, 0.4) is 0 Å². The first kappa shape index (κ1) is 15.3. The van der Waals surface area contributed by atoms with E-state index in [9.17, 15) is 22.4 Å². The van der Waals surface area contributed by atoms with Crippen LogP contribution in [-0.4, -0.2) is 5.78 Å². The molecule has 0 aromatic heterocycles. The maximum Gasteiger partial charge on any atom is 0.419 e. The number of hydrogen-bond acceptors (Lipinski definition) is 2. The van der Waals surface area contributed by atoms with Crippen molar-refractivity contribution >= 4 is 23.1 Å². The van der Waals surface area contributed by atoms with Crippen LogP contribution in [0.5, 0.6) is 0 Å². The van der Waals surface area contributed by atoms with Gasteiger partial charge in [0.05, 0.1) is 21.8 Å². The number of rotatable bonds is 2. The molecule has 2 aromatic carbocycles. The maximum absolute atomic E-state index is 13.9. The minimum absolute atomic E-state index is 0.0487. The van der Waals surface area contributed by atoms with Crippen molar-refractivity contribution in [1.82, 2.24) is 0 Å².